The van der Waals surface area contributed by atoms with Crippen LogP contribution in [0.1, 0.15) is 0 Å². The second-order valence-electron chi connectivity index (χ2n) is 11.8. The van der Waals surface area contributed by atoms with Gasteiger partial charge in [-0.1, -0.05) is 127 Å². The predicted molar refractivity (Wildman–Crippen MR) is 190 cm³/mol. The van der Waals surface area contributed by atoms with Gasteiger partial charge in [0.15, 0.2) is 0 Å². The maximum Gasteiger partial charge on any atom is 0.235 e. The van der Waals surface area contributed by atoms with Crippen LogP contribution in [-0.4, -0.2) is 14.5 Å². The van der Waals surface area contributed by atoms with Crippen LogP contribution in [0.4, 0.5) is 0 Å². The Labute approximate surface area is 263 Å². The molecule has 0 aliphatic rings. The summed E-state index contributed by atoms with van der Waals surface area (Å²) in [6, 6.07) is 53.0. The summed E-state index contributed by atoms with van der Waals surface area (Å²) < 4.78 is 8.70. The van der Waals surface area contributed by atoms with Crippen molar-refractivity contribution in [3.63, 3.8) is 0 Å². The van der Waals surface area contributed by atoms with Crippen LogP contribution in [-0.2, 0) is 0 Å². The molecule has 3 aromatic heterocycles. The summed E-state index contributed by atoms with van der Waals surface area (Å²) in [5.41, 5.74) is 9.04. The fourth-order valence-corrected chi connectivity index (χ4v) is 7.11. The van der Waals surface area contributed by atoms with Crippen LogP contribution in [0.2, 0.25) is 0 Å². The monoisotopic (exact) mass is 587 g/mol. The van der Waals surface area contributed by atoms with Crippen LogP contribution >= 0.6 is 0 Å². The zero-order valence-electron chi connectivity index (χ0n) is 24.7. The SMILES string of the molecule is c1ccc(-c2nc(-n3c4ccccc4c4ccc5ccc(-c6cccc7c6oc6ccccc67)cc5c43)nc3ccccc23)cc1. The summed E-state index contributed by atoms with van der Waals surface area (Å²) in [6.07, 6.45) is 0. The molecule has 0 unspecified atom stereocenters. The van der Waals surface area contributed by atoms with E-state index in [0.717, 1.165) is 77.0 Å². The number of benzene rings is 7. The molecule has 4 heteroatoms. The van der Waals surface area contributed by atoms with Crippen molar-refractivity contribution in [1.82, 2.24) is 14.5 Å². The van der Waals surface area contributed by atoms with Gasteiger partial charge in [0.1, 0.15) is 11.2 Å². The fraction of sp³-hybridized carbons (Fsp3) is 0. The van der Waals surface area contributed by atoms with E-state index in [2.05, 4.69) is 132 Å². The van der Waals surface area contributed by atoms with Gasteiger partial charge < -0.3 is 4.42 Å². The van der Waals surface area contributed by atoms with Crippen molar-refractivity contribution >= 4 is 65.4 Å². The second-order valence-corrected chi connectivity index (χ2v) is 11.8. The van der Waals surface area contributed by atoms with Gasteiger partial charge in [0.25, 0.3) is 0 Å². The van der Waals surface area contributed by atoms with Crippen molar-refractivity contribution in [2.24, 2.45) is 0 Å². The van der Waals surface area contributed by atoms with Crippen LogP contribution in [0.15, 0.2) is 156 Å². The van der Waals surface area contributed by atoms with Crippen molar-refractivity contribution in [3.05, 3.63) is 152 Å². The quantitative estimate of drug-likeness (QED) is 0.207. The van der Waals surface area contributed by atoms with E-state index >= 15 is 0 Å². The lowest BCUT2D eigenvalue weighted by Crippen LogP contribution is -2.03. The summed E-state index contributed by atoms with van der Waals surface area (Å²) in [6.45, 7) is 0. The molecule has 0 aliphatic heterocycles. The molecule has 10 aromatic rings. The molecular formula is C42H25N3O. The van der Waals surface area contributed by atoms with Crippen LogP contribution < -0.4 is 0 Å². The highest BCUT2D eigenvalue weighted by Gasteiger charge is 2.20. The highest BCUT2D eigenvalue weighted by atomic mass is 16.3. The molecule has 0 spiro atoms. The van der Waals surface area contributed by atoms with E-state index in [1.54, 1.807) is 0 Å². The fourth-order valence-electron chi connectivity index (χ4n) is 7.11. The molecule has 0 fully saturated rings. The van der Waals surface area contributed by atoms with E-state index in [4.69, 9.17) is 14.4 Å². The Morgan fingerprint density at radius 2 is 1.22 bits per heavy atom. The molecule has 0 saturated carbocycles. The molecule has 0 saturated heterocycles. The maximum absolute atomic E-state index is 6.45. The van der Waals surface area contributed by atoms with E-state index in [9.17, 15) is 0 Å². The summed E-state index contributed by atoms with van der Waals surface area (Å²) in [4.78, 5) is 10.5. The van der Waals surface area contributed by atoms with Crippen LogP contribution in [0, 0.1) is 0 Å². The van der Waals surface area contributed by atoms with E-state index in [1.165, 1.54) is 10.8 Å². The van der Waals surface area contributed by atoms with Crippen LogP contribution in [0.5, 0.6) is 0 Å². The molecular weight excluding hydrogens is 562 g/mol. The molecule has 0 N–H and O–H groups in total. The molecule has 4 nitrogen and oxygen atoms in total. The van der Waals surface area contributed by atoms with E-state index in [1.807, 2.05) is 24.3 Å². The molecule has 0 aliphatic carbocycles. The normalized spacial score (nSPS) is 11.9. The summed E-state index contributed by atoms with van der Waals surface area (Å²) in [5, 5.41) is 7.91. The number of para-hydroxylation sites is 4. The third-order valence-electron chi connectivity index (χ3n) is 9.21. The van der Waals surface area contributed by atoms with E-state index in [-0.39, 0.29) is 0 Å². The van der Waals surface area contributed by atoms with Crippen molar-refractivity contribution in [2.45, 2.75) is 0 Å². The highest BCUT2D eigenvalue weighted by molar-refractivity contribution is 6.19. The van der Waals surface area contributed by atoms with Gasteiger partial charge in [-0.3, -0.25) is 4.57 Å². The Kier molecular flexibility index (Phi) is 5.25. The van der Waals surface area contributed by atoms with Gasteiger partial charge in [0.2, 0.25) is 5.95 Å². The van der Waals surface area contributed by atoms with Crippen LogP contribution in [0.25, 0.3) is 93.8 Å². The minimum Gasteiger partial charge on any atom is -0.455 e. The van der Waals surface area contributed by atoms with Gasteiger partial charge in [-0.2, -0.15) is 0 Å². The number of hydrogen-bond acceptors (Lipinski definition) is 3. The van der Waals surface area contributed by atoms with Gasteiger partial charge in [0, 0.05) is 43.4 Å². The van der Waals surface area contributed by atoms with E-state index in [0.29, 0.717) is 5.95 Å². The first-order valence-corrected chi connectivity index (χ1v) is 15.5. The lowest BCUT2D eigenvalue weighted by atomic mass is 9.98. The zero-order valence-corrected chi connectivity index (χ0v) is 24.7. The Morgan fingerprint density at radius 1 is 0.478 bits per heavy atom. The molecule has 10 rings (SSSR count). The maximum atomic E-state index is 6.45. The largest absolute Gasteiger partial charge is 0.455 e. The first-order chi connectivity index (χ1) is 22.8. The minimum absolute atomic E-state index is 0.654. The van der Waals surface area contributed by atoms with E-state index < -0.39 is 0 Å². The molecule has 214 valence electrons. The number of rotatable bonds is 3. The topological polar surface area (TPSA) is 43.9 Å². The Bertz CT molecular complexity index is 2810. The molecule has 0 radical (unpaired) electrons. The smallest absolute Gasteiger partial charge is 0.235 e. The molecule has 0 bridgehead atoms. The predicted octanol–water partition coefficient (Wildman–Crippen LogP) is 11.1. The first kappa shape index (κ1) is 25.1. The van der Waals surface area contributed by atoms with Crippen molar-refractivity contribution in [3.8, 4) is 28.3 Å². The van der Waals surface area contributed by atoms with Gasteiger partial charge in [-0.05, 0) is 35.2 Å². The molecule has 7 aromatic carbocycles. The summed E-state index contributed by atoms with van der Waals surface area (Å²) in [5.74, 6) is 0.654. The standard InChI is InChI=1S/C42H25N3O/c1-2-11-27(12-3-1)39-34-15-4-7-18-36(34)43-42(44-39)45-37-19-8-5-13-30(37)32-24-23-26-21-22-28(25-35(26)40(32)45)29-16-10-17-33-31-14-6-9-20-38(31)46-41(29)33/h1-25H. The molecule has 0 amide bonds. The third kappa shape index (κ3) is 3.61. The Balaban J connectivity index is 1.30. The average molecular weight is 588 g/mol. The van der Waals surface area contributed by atoms with Gasteiger partial charge >= 0.3 is 0 Å². The Morgan fingerprint density at radius 3 is 2.13 bits per heavy atom. The van der Waals surface area contributed by atoms with Gasteiger partial charge in [-0.15, -0.1) is 0 Å². The minimum atomic E-state index is 0.654. The average Bonchev–Trinajstić information content (AvgIpc) is 3.68. The number of nitrogens with zero attached hydrogens (tertiary/aromatic N) is 3. The van der Waals surface area contributed by atoms with Crippen molar-refractivity contribution < 1.29 is 4.42 Å². The van der Waals surface area contributed by atoms with Crippen molar-refractivity contribution in [1.29, 1.82) is 0 Å². The lowest BCUT2D eigenvalue weighted by molar-refractivity contribution is 0.670. The van der Waals surface area contributed by atoms with Gasteiger partial charge in [0.05, 0.1) is 22.2 Å². The van der Waals surface area contributed by atoms with Crippen LogP contribution in [0.3, 0.4) is 0 Å². The highest BCUT2D eigenvalue weighted by Crippen LogP contribution is 2.40. The second kappa shape index (κ2) is 9.62. The molecule has 3 heterocycles. The Hall–Kier alpha value is -6.26. The molecule has 46 heavy (non-hydrogen) atoms. The number of furan rings is 1. The summed E-state index contributed by atoms with van der Waals surface area (Å²) >= 11 is 0. The zero-order chi connectivity index (χ0) is 30.2. The number of hydrogen-bond donors (Lipinski definition) is 0. The first-order valence-electron chi connectivity index (χ1n) is 15.5. The number of aromatic nitrogens is 3. The third-order valence-corrected chi connectivity index (χ3v) is 9.21. The summed E-state index contributed by atoms with van der Waals surface area (Å²) in [7, 11) is 0. The lowest BCUT2D eigenvalue weighted by Gasteiger charge is -2.13. The number of fused-ring (bicyclic) bond motifs is 9. The van der Waals surface area contributed by atoms with Gasteiger partial charge in [-0.25, -0.2) is 9.97 Å². The molecule has 0 atom stereocenters. The van der Waals surface area contributed by atoms with Crippen molar-refractivity contribution in [2.75, 3.05) is 0 Å².